The highest BCUT2D eigenvalue weighted by molar-refractivity contribution is 7.15. The van der Waals surface area contributed by atoms with E-state index >= 15 is 0 Å². The van der Waals surface area contributed by atoms with Gasteiger partial charge in [0.25, 0.3) is 0 Å². The summed E-state index contributed by atoms with van der Waals surface area (Å²) in [7, 11) is 0. The van der Waals surface area contributed by atoms with Crippen LogP contribution in [0.4, 0.5) is 0 Å². The van der Waals surface area contributed by atoms with E-state index in [4.69, 9.17) is 9.47 Å². The Labute approximate surface area is 188 Å². The van der Waals surface area contributed by atoms with Crippen LogP contribution in [0.1, 0.15) is 84.6 Å². The molecule has 0 spiro atoms. The first kappa shape index (κ1) is 22.3. The SMILES string of the molecule is CC1(C)CCC(C)(C)c2cc(C=C(CC3OCCCO3)c3ccc(C(=O)O)s3)ccc21. The average molecular weight is 441 g/mol. The first-order valence-electron chi connectivity index (χ1n) is 11.1. The van der Waals surface area contributed by atoms with Crippen molar-refractivity contribution in [2.75, 3.05) is 13.2 Å². The Morgan fingerprint density at radius 3 is 2.32 bits per heavy atom. The van der Waals surface area contributed by atoms with Crippen molar-refractivity contribution in [1.29, 1.82) is 0 Å². The molecular weight excluding hydrogens is 408 g/mol. The van der Waals surface area contributed by atoms with Gasteiger partial charge in [0.2, 0.25) is 0 Å². The summed E-state index contributed by atoms with van der Waals surface area (Å²) in [6.07, 6.45) is 5.76. The second-order valence-corrected chi connectivity index (χ2v) is 11.0. The number of thiophene rings is 1. The van der Waals surface area contributed by atoms with Crippen molar-refractivity contribution in [2.24, 2.45) is 0 Å². The van der Waals surface area contributed by atoms with Gasteiger partial charge >= 0.3 is 5.97 Å². The molecule has 2 aromatic rings. The van der Waals surface area contributed by atoms with Crippen molar-refractivity contribution >= 4 is 29.0 Å². The Morgan fingerprint density at radius 2 is 1.68 bits per heavy atom. The number of hydrogen-bond acceptors (Lipinski definition) is 4. The molecule has 5 heteroatoms. The van der Waals surface area contributed by atoms with E-state index in [0.29, 0.717) is 24.5 Å². The van der Waals surface area contributed by atoms with Crippen molar-refractivity contribution < 1.29 is 19.4 Å². The topological polar surface area (TPSA) is 55.8 Å². The monoisotopic (exact) mass is 440 g/mol. The van der Waals surface area contributed by atoms with Crippen molar-refractivity contribution in [1.82, 2.24) is 0 Å². The van der Waals surface area contributed by atoms with Crippen LogP contribution in [-0.2, 0) is 20.3 Å². The third kappa shape index (κ3) is 4.79. The van der Waals surface area contributed by atoms with Crippen molar-refractivity contribution in [3.63, 3.8) is 0 Å². The molecule has 0 radical (unpaired) electrons. The van der Waals surface area contributed by atoms with Crippen LogP contribution in [0.15, 0.2) is 30.3 Å². The molecule has 0 saturated carbocycles. The Morgan fingerprint density at radius 1 is 1.03 bits per heavy atom. The minimum atomic E-state index is -0.890. The number of carboxylic acid groups (broad SMARTS) is 1. The zero-order chi connectivity index (χ0) is 22.2. The molecule has 2 aliphatic rings. The largest absolute Gasteiger partial charge is 0.477 e. The summed E-state index contributed by atoms with van der Waals surface area (Å²) in [5.74, 6) is -0.890. The van der Waals surface area contributed by atoms with Gasteiger partial charge in [-0.1, -0.05) is 52.0 Å². The zero-order valence-electron chi connectivity index (χ0n) is 18.9. The Hall–Kier alpha value is -1.95. The summed E-state index contributed by atoms with van der Waals surface area (Å²) in [5, 5.41) is 9.37. The van der Waals surface area contributed by atoms with E-state index in [9.17, 15) is 9.90 Å². The number of rotatable bonds is 5. The lowest BCUT2D eigenvalue weighted by Gasteiger charge is -2.42. The molecular formula is C26H32O4S. The molecule has 1 saturated heterocycles. The van der Waals surface area contributed by atoms with Gasteiger partial charge in [0.15, 0.2) is 6.29 Å². The Kier molecular flexibility index (Phi) is 6.12. The third-order valence-electron chi connectivity index (χ3n) is 6.63. The average Bonchev–Trinajstić information content (AvgIpc) is 3.23. The van der Waals surface area contributed by atoms with Gasteiger partial charge in [-0.05, 0) is 64.5 Å². The van der Waals surface area contributed by atoms with Crippen LogP contribution in [0.3, 0.4) is 0 Å². The number of carboxylic acids is 1. The molecule has 31 heavy (non-hydrogen) atoms. The molecule has 1 fully saturated rings. The van der Waals surface area contributed by atoms with Crippen LogP contribution in [0, 0.1) is 0 Å². The summed E-state index contributed by atoms with van der Waals surface area (Å²) < 4.78 is 11.6. The molecule has 1 N–H and O–H groups in total. The third-order valence-corrected chi connectivity index (χ3v) is 7.78. The van der Waals surface area contributed by atoms with Gasteiger partial charge in [-0.2, -0.15) is 0 Å². The molecule has 1 aliphatic carbocycles. The minimum Gasteiger partial charge on any atom is -0.477 e. The van der Waals surface area contributed by atoms with Crippen LogP contribution in [-0.4, -0.2) is 30.6 Å². The smallest absolute Gasteiger partial charge is 0.345 e. The minimum absolute atomic E-state index is 0.143. The first-order chi connectivity index (χ1) is 14.7. The van der Waals surface area contributed by atoms with E-state index < -0.39 is 5.97 Å². The van der Waals surface area contributed by atoms with E-state index in [1.807, 2.05) is 6.07 Å². The van der Waals surface area contributed by atoms with Crippen LogP contribution >= 0.6 is 11.3 Å². The number of hydrogen-bond donors (Lipinski definition) is 1. The van der Waals surface area contributed by atoms with Crippen molar-refractivity contribution in [2.45, 2.75) is 70.5 Å². The summed E-state index contributed by atoms with van der Waals surface area (Å²) in [6, 6.07) is 10.4. The van der Waals surface area contributed by atoms with Crippen molar-refractivity contribution in [3.05, 3.63) is 56.8 Å². The zero-order valence-corrected chi connectivity index (χ0v) is 19.7. The van der Waals surface area contributed by atoms with Gasteiger partial charge in [-0.15, -0.1) is 11.3 Å². The number of benzene rings is 1. The maximum Gasteiger partial charge on any atom is 0.345 e. The van der Waals surface area contributed by atoms with Gasteiger partial charge in [-0.25, -0.2) is 4.79 Å². The fourth-order valence-electron chi connectivity index (χ4n) is 4.59. The molecule has 1 aromatic carbocycles. The molecule has 2 heterocycles. The lowest BCUT2D eigenvalue weighted by molar-refractivity contribution is -0.174. The lowest BCUT2D eigenvalue weighted by Crippen LogP contribution is -2.33. The summed E-state index contributed by atoms with van der Waals surface area (Å²) >= 11 is 1.31. The molecule has 1 aliphatic heterocycles. The van der Waals surface area contributed by atoms with Crippen LogP contribution in [0.2, 0.25) is 0 Å². The van der Waals surface area contributed by atoms with E-state index in [1.54, 1.807) is 6.07 Å². The summed E-state index contributed by atoms with van der Waals surface area (Å²) in [5.41, 5.74) is 5.37. The number of fused-ring (bicyclic) bond motifs is 1. The van der Waals surface area contributed by atoms with Gasteiger partial charge < -0.3 is 14.6 Å². The first-order valence-corrected chi connectivity index (χ1v) is 11.9. The van der Waals surface area contributed by atoms with E-state index in [0.717, 1.165) is 22.4 Å². The van der Waals surface area contributed by atoms with Gasteiger partial charge in [0, 0.05) is 11.3 Å². The lowest BCUT2D eigenvalue weighted by atomic mass is 9.63. The van der Waals surface area contributed by atoms with Crippen LogP contribution in [0.25, 0.3) is 11.6 Å². The highest BCUT2D eigenvalue weighted by Gasteiger charge is 2.36. The molecule has 1 aromatic heterocycles. The Balaban J connectivity index is 1.73. The van der Waals surface area contributed by atoms with E-state index in [1.165, 1.54) is 35.3 Å². The predicted molar refractivity (Wildman–Crippen MR) is 126 cm³/mol. The fraction of sp³-hybridized carbons (Fsp3) is 0.500. The highest BCUT2D eigenvalue weighted by Crippen LogP contribution is 2.46. The number of carbonyl (C=O) groups is 1. The molecule has 0 unspecified atom stereocenters. The highest BCUT2D eigenvalue weighted by atomic mass is 32.1. The van der Waals surface area contributed by atoms with Gasteiger partial charge in [0.1, 0.15) is 4.88 Å². The quantitative estimate of drug-likeness (QED) is 0.577. The Bertz CT molecular complexity index is 993. The second kappa shape index (κ2) is 8.53. The van der Waals surface area contributed by atoms with Crippen LogP contribution < -0.4 is 0 Å². The second-order valence-electron chi connectivity index (χ2n) is 9.94. The maximum atomic E-state index is 11.4. The number of ether oxygens (including phenoxy) is 2. The summed E-state index contributed by atoms with van der Waals surface area (Å²) in [4.78, 5) is 12.7. The molecule has 0 atom stereocenters. The fourth-order valence-corrected chi connectivity index (χ4v) is 5.46. The van der Waals surface area contributed by atoms with E-state index in [2.05, 4.69) is 52.0 Å². The molecule has 0 bridgehead atoms. The summed E-state index contributed by atoms with van der Waals surface area (Å²) in [6.45, 7) is 10.7. The molecule has 166 valence electrons. The van der Waals surface area contributed by atoms with E-state index in [-0.39, 0.29) is 17.1 Å². The molecule has 4 nitrogen and oxygen atoms in total. The predicted octanol–water partition coefficient (Wildman–Crippen LogP) is 6.49. The normalized spacial score (nSPS) is 21.0. The van der Waals surface area contributed by atoms with Gasteiger partial charge in [-0.3, -0.25) is 0 Å². The van der Waals surface area contributed by atoms with Crippen molar-refractivity contribution in [3.8, 4) is 0 Å². The molecule has 0 amide bonds. The maximum absolute atomic E-state index is 11.4. The van der Waals surface area contributed by atoms with Crippen LogP contribution in [0.5, 0.6) is 0 Å². The standard InChI is InChI=1S/C26H32O4S/c1-25(2)10-11-26(3,4)20-15-17(6-7-19(20)25)14-18(16-23-29-12-5-13-30-23)21-8-9-22(31-21)24(27)28/h6-9,14-15,23H,5,10-13,16H2,1-4H3,(H,27,28). The van der Waals surface area contributed by atoms with Gasteiger partial charge in [0.05, 0.1) is 13.2 Å². The molecule has 4 rings (SSSR count). The number of aromatic carboxylic acids is 1.